The average molecular weight is 413 g/mol. The van der Waals surface area contributed by atoms with E-state index in [4.69, 9.17) is 5.10 Å². The minimum absolute atomic E-state index is 0.132. The maximum Gasteiger partial charge on any atom is 0.274 e. The fraction of sp³-hybridized carbons (Fsp3) is 0.565. The van der Waals surface area contributed by atoms with Crippen LogP contribution in [0.5, 0.6) is 0 Å². The van der Waals surface area contributed by atoms with Crippen molar-refractivity contribution < 1.29 is 4.79 Å². The fourth-order valence-corrected chi connectivity index (χ4v) is 5.46. The zero-order valence-electron chi connectivity index (χ0n) is 17.5. The molecular formula is C23H32N4OS. The summed E-state index contributed by atoms with van der Waals surface area (Å²) in [5.41, 5.74) is 3.11. The van der Waals surface area contributed by atoms with Crippen LogP contribution in [0.1, 0.15) is 58.7 Å². The van der Waals surface area contributed by atoms with E-state index in [1.54, 1.807) is 0 Å². The molecule has 0 spiro atoms. The predicted molar refractivity (Wildman–Crippen MR) is 118 cm³/mol. The summed E-state index contributed by atoms with van der Waals surface area (Å²) < 4.78 is 2.02. The van der Waals surface area contributed by atoms with Crippen molar-refractivity contribution in [1.82, 2.24) is 19.6 Å². The molecule has 1 saturated heterocycles. The molecule has 156 valence electrons. The normalized spacial score (nSPS) is 19.8. The molecule has 6 heteroatoms. The van der Waals surface area contributed by atoms with E-state index >= 15 is 0 Å². The zero-order valence-corrected chi connectivity index (χ0v) is 18.3. The number of rotatable bonds is 6. The summed E-state index contributed by atoms with van der Waals surface area (Å²) in [7, 11) is 2.21. The molecule has 1 atom stereocenters. The highest BCUT2D eigenvalue weighted by atomic mass is 32.1. The van der Waals surface area contributed by atoms with Crippen molar-refractivity contribution in [3.8, 4) is 0 Å². The lowest BCUT2D eigenvalue weighted by Crippen LogP contribution is -2.37. The van der Waals surface area contributed by atoms with E-state index in [1.165, 1.54) is 29.0 Å². The van der Waals surface area contributed by atoms with Crippen molar-refractivity contribution in [1.29, 1.82) is 0 Å². The number of likely N-dealkylation sites (N-methyl/N-ethyl adjacent to an activating group) is 1. The minimum Gasteiger partial charge on any atom is -0.337 e. The van der Waals surface area contributed by atoms with Crippen LogP contribution < -0.4 is 0 Å². The molecule has 1 fully saturated rings. The first-order valence-electron chi connectivity index (χ1n) is 10.9. The highest BCUT2D eigenvalue weighted by Crippen LogP contribution is 2.29. The maximum absolute atomic E-state index is 13.4. The van der Waals surface area contributed by atoms with E-state index < -0.39 is 0 Å². The number of amides is 1. The highest BCUT2D eigenvalue weighted by molar-refractivity contribution is 7.09. The topological polar surface area (TPSA) is 41.4 Å². The fourth-order valence-electron chi connectivity index (χ4n) is 4.69. The van der Waals surface area contributed by atoms with Crippen LogP contribution in [0.25, 0.3) is 0 Å². The minimum atomic E-state index is 0.132. The van der Waals surface area contributed by atoms with Gasteiger partial charge >= 0.3 is 0 Å². The molecule has 0 aromatic carbocycles. The number of aromatic nitrogens is 2. The van der Waals surface area contributed by atoms with Crippen molar-refractivity contribution >= 4 is 17.2 Å². The van der Waals surface area contributed by atoms with Gasteiger partial charge in [-0.2, -0.15) is 5.10 Å². The number of carbonyl (C=O) groups excluding carboxylic acids is 1. The van der Waals surface area contributed by atoms with Crippen molar-refractivity contribution in [2.24, 2.45) is 0 Å². The van der Waals surface area contributed by atoms with Crippen LogP contribution in [-0.2, 0) is 25.9 Å². The highest BCUT2D eigenvalue weighted by Gasteiger charge is 2.32. The van der Waals surface area contributed by atoms with Gasteiger partial charge < -0.3 is 4.90 Å². The Hall–Kier alpha value is -1.92. The number of nitrogens with zero attached hydrogens (tertiary/aromatic N) is 4. The Morgan fingerprint density at radius 3 is 2.83 bits per heavy atom. The monoisotopic (exact) mass is 412 g/mol. The van der Waals surface area contributed by atoms with Crippen LogP contribution in [-0.4, -0.2) is 51.7 Å². The van der Waals surface area contributed by atoms with Gasteiger partial charge in [-0.1, -0.05) is 25.0 Å². The first-order chi connectivity index (χ1) is 14.2. The number of hydrogen-bond acceptors (Lipinski definition) is 4. The Balaban J connectivity index is 1.57. The largest absolute Gasteiger partial charge is 0.337 e. The SMILES string of the molecule is C=CCn1nc(C(=O)N2CCCCCC2)c2c1CCC(N(C)Cc1cccs1)C2. The van der Waals surface area contributed by atoms with Gasteiger partial charge in [-0.25, -0.2) is 0 Å². The lowest BCUT2D eigenvalue weighted by atomic mass is 9.90. The number of hydrogen-bond donors (Lipinski definition) is 0. The number of carbonyl (C=O) groups is 1. The van der Waals surface area contributed by atoms with Crippen molar-refractivity contribution in [3.63, 3.8) is 0 Å². The summed E-state index contributed by atoms with van der Waals surface area (Å²) >= 11 is 1.81. The molecule has 0 saturated carbocycles. The quantitative estimate of drug-likeness (QED) is 0.670. The molecule has 2 aliphatic rings. The van der Waals surface area contributed by atoms with Gasteiger partial charge in [-0.3, -0.25) is 14.4 Å². The molecule has 0 radical (unpaired) electrons. The van der Waals surface area contributed by atoms with E-state index in [0.717, 1.165) is 51.7 Å². The molecule has 2 aromatic rings. The number of thiophene rings is 1. The Morgan fingerprint density at radius 2 is 2.14 bits per heavy atom. The van der Waals surface area contributed by atoms with Crippen LogP contribution in [0.2, 0.25) is 0 Å². The van der Waals surface area contributed by atoms with Crippen LogP contribution >= 0.6 is 11.3 Å². The lowest BCUT2D eigenvalue weighted by Gasteiger charge is -2.31. The van der Waals surface area contributed by atoms with E-state index in [1.807, 2.05) is 27.0 Å². The van der Waals surface area contributed by atoms with Crippen molar-refractivity contribution in [3.05, 3.63) is 52.0 Å². The molecule has 5 nitrogen and oxygen atoms in total. The van der Waals surface area contributed by atoms with Gasteiger partial charge in [0.2, 0.25) is 0 Å². The molecule has 2 aromatic heterocycles. The molecule has 1 aliphatic carbocycles. The Bertz CT molecular complexity index is 833. The van der Waals surface area contributed by atoms with Gasteiger partial charge in [0, 0.05) is 41.8 Å². The Kier molecular flexibility index (Phi) is 6.50. The molecule has 1 unspecified atom stereocenters. The first kappa shape index (κ1) is 20.4. The van der Waals surface area contributed by atoms with E-state index in [-0.39, 0.29) is 5.91 Å². The van der Waals surface area contributed by atoms with E-state index in [9.17, 15) is 4.79 Å². The third kappa shape index (κ3) is 4.48. The van der Waals surface area contributed by atoms with Crippen LogP contribution in [0.4, 0.5) is 0 Å². The molecule has 1 amide bonds. The summed E-state index contributed by atoms with van der Waals surface area (Å²) in [6.45, 7) is 7.25. The number of likely N-dealkylation sites (tertiary alicyclic amines) is 1. The maximum atomic E-state index is 13.4. The van der Waals surface area contributed by atoms with Gasteiger partial charge in [0.15, 0.2) is 5.69 Å². The summed E-state index contributed by atoms with van der Waals surface area (Å²) in [5.74, 6) is 0.132. The van der Waals surface area contributed by atoms with Crippen molar-refractivity contribution in [2.75, 3.05) is 20.1 Å². The van der Waals surface area contributed by atoms with Gasteiger partial charge in [0.1, 0.15) is 0 Å². The molecule has 0 bridgehead atoms. The molecule has 0 N–H and O–H groups in total. The van der Waals surface area contributed by atoms with Gasteiger partial charge in [-0.05, 0) is 50.6 Å². The average Bonchev–Trinajstić information content (AvgIpc) is 3.27. The van der Waals surface area contributed by atoms with Gasteiger partial charge in [0.25, 0.3) is 5.91 Å². The number of allylic oxidation sites excluding steroid dienone is 1. The second-order valence-electron chi connectivity index (χ2n) is 8.34. The van der Waals surface area contributed by atoms with Crippen LogP contribution in [0.3, 0.4) is 0 Å². The molecular weight excluding hydrogens is 380 g/mol. The standard InChI is InChI=1S/C23H32N4OS/c1-3-12-27-21-11-10-18(25(2)17-19-9-8-15-29-19)16-20(21)22(24-27)23(28)26-13-6-4-5-7-14-26/h3,8-9,15,18H,1,4-7,10-14,16-17H2,2H3. The van der Waals surface area contributed by atoms with Gasteiger partial charge in [-0.15, -0.1) is 17.9 Å². The summed E-state index contributed by atoms with van der Waals surface area (Å²) in [5, 5.41) is 6.93. The van der Waals surface area contributed by atoms with Crippen LogP contribution in [0, 0.1) is 0 Å². The third-order valence-corrected chi connectivity index (χ3v) is 7.19. The third-order valence-electron chi connectivity index (χ3n) is 6.33. The Morgan fingerprint density at radius 1 is 1.34 bits per heavy atom. The predicted octanol–water partition coefficient (Wildman–Crippen LogP) is 4.14. The Labute approximate surface area is 178 Å². The van der Waals surface area contributed by atoms with Gasteiger partial charge in [0.05, 0.1) is 6.54 Å². The summed E-state index contributed by atoms with van der Waals surface area (Å²) in [6, 6.07) is 4.76. The second kappa shape index (κ2) is 9.26. The first-order valence-corrected chi connectivity index (χ1v) is 11.8. The second-order valence-corrected chi connectivity index (χ2v) is 9.37. The number of fused-ring (bicyclic) bond motifs is 1. The molecule has 4 rings (SSSR count). The van der Waals surface area contributed by atoms with Crippen LogP contribution in [0.15, 0.2) is 30.2 Å². The van der Waals surface area contributed by atoms with E-state index in [2.05, 4.69) is 36.0 Å². The van der Waals surface area contributed by atoms with E-state index in [0.29, 0.717) is 18.3 Å². The lowest BCUT2D eigenvalue weighted by molar-refractivity contribution is 0.0753. The summed E-state index contributed by atoms with van der Waals surface area (Å²) in [6.07, 6.45) is 9.52. The smallest absolute Gasteiger partial charge is 0.274 e. The zero-order chi connectivity index (χ0) is 20.2. The van der Waals surface area contributed by atoms with Crippen molar-refractivity contribution in [2.45, 2.75) is 64.1 Å². The summed E-state index contributed by atoms with van der Waals surface area (Å²) in [4.78, 5) is 19.3. The molecule has 29 heavy (non-hydrogen) atoms. The molecule has 3 heterocycles. The molecule has 1 aliphatic heterocycles.